The van der Waals surface area contributed by atoms with E-state index in [-0.39, 0.29) is 0 Å². The molecule has 0 saturated carbocycles. The molecule has 78 valence electrons. The predicted octanol–water partition coefficient (Wildman–Crippen LogP) is 1.61. The van der Waals surface area contributed by atoms with Crippen molar-refractivity contribution >= 4 is 11.4 Å². The number of anilines is 2. The molecule has 0 amide bonds. The Kier molecular flexibility index (Phi) is 2.58. The number of rotatable bonds is 3. The van der Waals surface area contributed by atoms with Gasteiger partial charge in [0.1, 0.15) is 0 Å². The standard InChI is InChI=1S/C11H14N4/c1-15-9(6-7-14-15)8-13-11-5-3-2-4-10(11)12/h2-7,13H,8,12H2,1H3. The molecule has 0 unspecified atom stereocenters. The lowest BCUT2D eigenvalue weighted by Crippen LogP contribution is -2.06. The van der Waals surface area contributed by atoms with Gasteiger partial charge in [0.2, 0.25) is 0 Å². The highest BCUT2D eigenvalue weighted by Crippen LogP contribution is 2.17. The molecule has 0 aliphatic heterocycles. The average Bonchev–Trinajstić information content (AvgIpc) is 2.63. The van der Waals surface area contributed by atoms with Crippen molar-refractivity contribution in [3.63, 3.8) is 0 Å². The average molecular weight is 202 g/mol. The zero-order valence-corrected chi connectivity index (χ0v) is 8.64. The Morgan fingerprint density at radius 1 is 1.33 bits per heavy atom. The van der Waals surface area contributed by atoms with Crippen LogP contribution in [0.3, 0.4) is 0 Å². The van der Waals surface area contributed by atoms with Crippen molar-refractivity contribution in [1.29, 1.82) is 0 Å². The van der Waals surface area contributed by atoms with Crippen LogP contribution in [0.25, 0.3) is 0 Å². The van der Waals surface area contributed by atoms with E-state index >= 15 is 0 Å². The zero-order chi connectivity index (χ0) is 10.7. The fraction of sp³-hybridized carbons (Fsp3) is 0.182. The van der Waals surface area contributed by atoms with Gasteiger partial charge in [-0.2, -0.15) is 5.10 Å². The van der Waals surface area contributed by atoms with Crippen molar-refractivity contribution in [3.05, 3.63) is 42.2 Å². The second-order valence-electron chi connectivity index (χ2n) is 3.39. The Bertz CT molecular complexity index is 447. The van der Waals surface area contributed by atoms with E-state index in [9.17, 15) is 0 Å². The van der Waals surface area contributed by atoms with Crippen LogP contribution in [0.4, 0.5) is 11.4 Å². The number of hydrogen-bond acceptors (Lipinski definition) is 3. The molecule has 0 saturated heterocycles. The summed E-state index contributed by atoms with van der Waals surface area (Å²) in [6.07, 6.45) is 1.78. The lowest BCUT2D eigenvalue weighted by molar-refractivity contribution is 0.720. The second-order valence-corrected chi connectivity index (χ2v) is 3.39. The molecule has 0 spiro atoms. The predicted molar refractivity (Wildman–Crippen MR) is 61.4 cm³/mol. The van der Waals surface area contributed by atoms with Crippen molar-refractivity contribution in [2.24, 2.45) is 7.05 Å². The first-order valence-corrected chi connectivity index (χ1v) is 4.82. The third-order valence-corrected chi connectivity index (χ3v) is 2.34. The Balaban J connectivity index is 2.06. The maximum Gasteiger partial charge on any atom is 0.0577 e. The van der Waals surface area contributed by atoms with Gasteiger partial charge in [-0.15, -0.1) is 0 Å². The fourth-order valence-corrected chi connectivity index (χ4v) is 1.42. The van der Waals surface area contributed by atoms with Crippen LogP contribution in [-0.4, -0.2) is 9.78 Å². The largest absolute Gasteiger partial charge is 0.397 e. The number of aryl methyl sites for hydroxylation is 1. The smallest absolute Gasteiger partial charge is 0.0577 e. The summed E-state index contributed by atoms with van der Waals surface area (Å²) >= 11 is 0. The van der Waals surface area contributed by atoms with Crippen molar-refractivity contribution in [2.75, 3.05) is 11.1 Å². The normalized spacial score (nSPS) is 10.2. The third kappa shape index (κ3) is 2.10. The van der Waals surface area contributed by atoms with Crippen LogP contribution < -0.4 is 11.1 Å². The van der Waals surface area contributed by atoms with E-state index < -0.39 is 0 Å². The van der Waals surface area contributed by atoms with E-state index in [1.165, 1.54) is 0 Å². The van der Waals surface area contributed by atoms with Gasteiger partial charge in [0.15, 0.2) is 0 Å². The van der Waals surface area contributed by atoms with Gasteiger partial charge in [-0.25, -0.2) is 0 Å². The minimum Gasteiger partial charge on any atom is -0.397 e. The summed E-state index contributed by atoms with van der Waals surface area (Å²) in [6.45, 7) is 0.727. The maximum atomic E-state index is 5.81. The molecular weight excluding hydrogens is 188 g/mol. The van der Waals surface area contributed by atoms with Gasteiger partial charge in [-0.05, 0) is 18.2 Å². The Morgan fingerprint density at radius 3 is 2.80 bits per heavy atom. The van der Waals surface area contributed by atoms with Crippen LogP contribution >= 0.6 is 0 Å². The molecule has 4 heteroatoms. The quantitative estimate of drug-likeness (QED) is 0.743. The van der Waals surface area contributed by atoms with Gasteiger partial charge >= 0.3 is 0 Å². The Labute approximate surface area is 88.7 Å². The highest BCUT2D eigenvalue weighted by atomic mass is 15.3. The minimum atomic E-state index is 0.727. The summed E-state index contributed by atoms with van der Waals surface area (Å²) in [5.41, 5.74) is 8.66. The molecule has 4 nitrogen and oxygen atoms in total. The SMILES string of the molecule is Cn1nccc1CNc1ccccc1N. The highest BCUT2D eigenvalue weighted by molar-refractivity contribution is 5.65. The number of nitrogens with zero attached hydrogens (tertiary/aromatic N) is 2. The van der Waals surface area contributed by atoms with Crippen LogP contribution in [0.15, 0.2) is 36.5 Å². The highest BCUT2D eigenvalue weighted by Gasteiger charge is 1.99. The number of hydrogen-bond donors (Lipinski definition) is 2. The van der Waals surface area contributed by atoms with Crippen molar-refractivity contribution in [1.82, 2.24) is 9.78 Å². The first-order chi connectivity index (χ1) is 7.27. The Hall–Kier alpha value is -1.97. The monoisotopic (exact) mass is 202 g/mol. The molecule has 3 N–H and O–H groups in total. The number of nitrogens with two attached hydrogens (primary N) is 1. The molecule has 2 rings (SSSR count). The third-order valence-electron chi connectivity index (χ3n) is 2.34. The molecule has 0 fully saturated rings. The molecule has 0 bridgehead atoms. The van der Waals surface area contributed by atoms with Crippen LogP contribution in [0.5, 0.6) is 0 Å². The van der Waals surface area contributed by atoms with Gasteiger partial charge in [-0.1, -0.05) is 12.1 Å². The molecule has 1 aromatic carbocycles. The molecule has 0 aliphatic carbocycles. The topological polar surface area (TPSA) is 55.9 Å². The fourth-order valence-electron chi connectivity index (χ4n) is 1.42. The lowest BCUT2D eigenvalue weighted by Gasteiger charge is -2.08. The zero-order valence-electron chi connectivity index (χ0n) is 8.64. The van der Waals surface area contributed by atoms with E-state index in [1.54, 1.807) is 6.20 Å². The van der Waals surface area contributed by atoms with E-state index in [0.29, 0.717) is 0 Å². The molecule has 15 heavy (non-hydrogen) atoms. The molecule has 1 aromatic heterocycles. The number of para-hydroxylation sites is 2. The number of nitrogen functional groups attached to an aromatic ring is 1. The first-order valence-electron chi connectivity index (χ1n) is 4.82. The molecule has 2 aromatic rings. The summed E-state index contributed by atoms with van der Waals surface area (Å²) in [4.78, 5) is 0. The van der Waals surface area contributed by atoms with Gasteiger partial charge in [-0.3, -0.25) is 4.68 Å². The molecule has 0 atom stereocenters. The lowest BCUT2D eigenvalue weighted by atomic mass is 10.2. The molecule has 0 aliphatic rings. The maximum absolute atomic E-state index is 5.81. The van der Waals surface area contributed by atoms with Crippen LogP contribution in [0.2, 0.25) is 0 Å². The summed E-state index contributed by atoms with van der Waals surface area (Å²) in [6, 6.07) is 9.70. The van der Waals surface area contributed by atoms with Gasteiger partial charge < -0.3 is 11.1 Å². The number of benzene rings is 1. The molecular formula is C11H14N4. The summed E-state index contributed by atoms with van der Waals surface area (Å²) < 4.78 is 1.84. The first kappa shape index (κ1) is 9.58. The van der Waals surface area contributed by atoms with Crippen LogP contribution in [0, 0.1) is 0 Å². The number of aromatic nitrogens is 2. The van der Waals surface area contributed by atoms with Gasteiger partial charge in [0, 0.05) is 13.2 Å². The van der Waals surface area contributed by atoms with Crippen molar-refractivity contribution in [3.8, 4) is 0 Å². The molecule has 0 radical (unpaired) electrons. The van der Waals surface area contributed by atoms with Gasteiger partial charge in [0.25, 0.3) is 0 Å². The second kappa shape index (κ2) is 4.04. The van der Waals surface area contributed by atoms with Crippen molar-refractivity contribution < 1.29 is 0 Å². The van der Waals surface area contributed by atoms with E-state index in [1.807, 2.05) is 42.1 Å². The van der Waals surface area contributed by atoms with Crippen LogP contribution in [0.1, 0.15) is 5.69 Å². The van der Waals surface area contributed by atoms with E-state index in [4.69, 9.17) is 5.73 Å². The van der Waals surface area contributed by atoms with E-state index in [0.717, 1.165) is 23.6 Å². The van der Waals surface area contributed by atoms with Gasteiger partial charge in [0.05, 0.1) is 23.6 Å². The summed E-state index contributed by atoms with van der Waals surface area (Å²) in [7, 11) is 1.92. The molecule has 1 heterocycles. The van der Waals surface area contributed by atoms with Crippen molar-refractivity contribution in [2.45, 2.75) is 6.54 Å². The van der Waals surface area contributed by atoms with E-state index in [2.05, 4.69) is 10.4 Å². The van der Waals surface area contributed by atoms with Crippen LogP contribution in [-0.2, 0) is 13.6 Å². The minimum absolute atomic E-state index is 0.727. The summed E-state index contributed by atoms with van der Waals surface area (Å²) in [5, 5.41) is 7.37. The summed E-state index contributed by atoms with van der Waals surface area (Å²) in [5.74, 6) is 0. The number of nitrogens with one attached hydrogen (secondary N) is 1. The Morgan fingerprint density at radius 2 is 2.13 bits per heavy atom.